The van der Waals surface area contributed by atoms with Crippen LogP contribution in [0.15, 0.2) is 28.8 Å². The second-order valence-corrected chi connectivity index (χ2v) is 3.46. The van der Waals surface area contributed by atoms with E-state index in [1.54, 1.807) is 0 Å². The second-order valence-electron chi connectivity index (χ2n) is 2.73. The van der Waals surface area contributed by atoms with Gasteiger partial charge in [-0.25, -0.2) is 0 Å². The maximum Gasteiger partial charge on any atom is 0.320 e. The van der Waals surface area contributed by atoms with Crippen LogP contribution in [0.3, 0.4) is 0 Å². The fraction of sp³-hybridized carbons (Fsp3) is 0.111. The minimum absolute atomic E-state index is 0.0482. The Kier molecular flexibility index (Phi) is 2.70. The van der Waals surface area contributed by atoms with Gasteiger partial charge in [-0.15, -0.1) is 0 Å². The molecule has 1 heterocycles. The van der Waals surface area contributed by atoms with Gasteiger partial charge in [-0.1, -0.05) is 35.0 Å². The minimum Gasteiger partial charge on any atom is -0.321 e. The fourth-order valence-electron chi connectivity index (χ4n) is 1.12. The number of rotatable bonds is 2. The van der Waals surface area contributed by atoms with Gasteiger partial charge < -0.3 is 4.52 Å². The van der Waals surface area contributed by atoms with E-state index in [9.17, 15) is 0 Å². The Labute approximate surface area is 90.6 Å². The molecule has 0 aliphatic rings. The average molecular weight is 229 g/mol. The molecule has 1 aromatic carbocycles. The molecule has 0 spiro atoms. The quantitative estimate of drug-likeness (QED) is 0.794. The molecule has 14 heavy (non-hydrogen) atoms. The van der Waals surface area contributed by atoms with Gasteiger partial charge in [0, 0.05) is 11.4 Å². The molecular formula is C9H6Cl2N2O. The second kappa shape index (κ2) is 3.98. The molecular weight excluding hydrogens is 223 g/mol. The van der Waals surface area contributed by atoms with Crippen molar-refractivity contribution >= 4 is 23.2 Å². The van der Waals surface area contributed by atoms with Gasteiger partial charge in [-0.3, -0.25) is 0 Å². The van der Waals surface area contributed by atoms with Crippen LogP contribution in [-0.4, -0.2) is 10.1 Å². The first-order chi connectivity index (χ1) is 6.75. The van der Waals surface area contributed by atoms with Gasteiger partial charge in [-0.05, 0) is 23.2 Å². The van der Waals surface area contributed by atoms with Crippen LogP contribution in [-0.2, 0) is 6.42 Å². The summed E-state index contributed by atoms with van der Waals surface area (Å²) < 4.78 is 4.64. The van der Waals surface area contributed by atoms with Crippen LogP contribution in [0, 0.1) is 0 Å². The van der Waals surface area contributed by atoms with Crippen molar-refractivity contribution in [3.8, 4) is 0 Å². The normalized spacial score (nSPS) is 10.4. The molecule has 0 bridgehead atoms. The molecule has 1 aromatic heterocycles. The average Bonchev–Trinajstić information content (AvgIpc) is 2.56. The third-order valence-corrected chi connectivity index (χ3v) is 2.27. The summed E-state index contributed by atoms with van der Waals surface area (Å²) in [5, 5.41) is 4.41. The van der Waals surface area contributed by atoms with Gasteiger partial charge in [0.05, 0.1) is 0 Å². The largest absolute Gasteiger partial charge is 0.321 e. The van der Waals surface area contributed by atoms with E-state index in [2.05, 4.69) is 14.7 Å². The number of hydrogen-bond donors (Lipinski definition) is 0. The third-order valence-electron chi connectivity index (χ3n) is 1.75. The summed E-state index contributed by atoms with van der Waals surface area (Å²) in [5.74, 6) is 0.531. The van der Waals surface area contributed by atoms with Gasteiger partial charge in [0.15, 0.2) is 5.82 Å². The highest BCUT2D eigenvalue weighted by Gasteiger charge is 2.06. The first kappa shape index (κ1) is 9.49. The molecule has 2 rings (SSSR count). The van der Waals surface area contributed by atoms with Gasteiger partial charge in [0.1, 0.15) is 0 Å². The molecule has 0 fully saturated rings. The van der Waals surface area contributed by atoms with E-state index < -0.39 is 0 Å². The van der Waals surface area contributed by atoms with Gasteiger partial charge >= 0.3 is 5.35 Å². The summed E-state index contributed by atoms with van der Waals surface area (Å²) >= 11 is 11.5. The number of halogens is 2. The van der Waals surface area contributed by atoms with E-state index in [0.717, 1.165) is 5.56 Å². The van der Waals surface area contributed by atoms with Crippen molar-refractivity contribution < 1.29 is 4.52 Å². The van der Waals surface area contributed by atoms with Crippen molar-refractivity contribution in [1.29, 1.82) is 0 Å². The van der Waals surface area contributed by atoms with Crippen LogP contribution in [0.4, 0.5) is 0 Å². The number of benzene rings is 1. The molecule has 0 saturated carbocycles. The Morgan fingerprint density at radius 2 is 2.00 bits per heavy atom. The predicted octanol–water partition coefficient (Wildman–Crippen LogP) is 2.97. The lowest BCUT2D eigenvalue weighted by Gasteiger charge is -1.98. The summed E-state index contributed by atoms with van der Waals surface area (Å²) in [5.41, 5.74) is 0.951. The molecule has 0 radical (unpaired) electrons. The highest BCUT2D eigenvalue weighted by Crippen LogP contribution is 2.18. The molecule has 0 amide bonds. The van der Waals surface area contributed by atoms with Crippen LogP contribution in [0.1, 0.15) is 11.4 Å². The predicted molar refractivity (Wildman–Crippen MR) is 53.6 cm³/mol. The van der Waals surface area contributed by atoms with Crippen LogP contribution in [0.25, 0.3) is 0 Å². The van der Waals surface area contributed by atoms with Crippen LogP contribution >= 0.6 is 23.2 Å². The van der Waals surface area contributed by atoms with Gasteiger partial charge in [0.25, 0.3) is 0 Å². The van der Waals surface area contributed by atoms with E-state index in [1.807, 2.05) is 24.3 Å². The SMILES string of the molecule is Clc1nc(Cc2ccccc2Cl)no1. The molecule has 2 aromatic rings. The van der Waals surface area contributed by atoms with Crippen LogP contribution in [0.2, 0.25) is 10.4 Å². The molecule has 5 heteroatoms. The summed E-state index contributed by atoms with van der Waals surface area (Å²) in [7, 11) is 0. The zero-order valence-electron chi connectivity index (χ0n) is 7.08. The van der Waals surface area contributed by atoms with E-state index in [0.29, 0.717) is 17.3 Å². The Hall–Kier alpha value is -1.06. The van der Waals surface area contributed by atoms with E-state index in [4.69, 9.17) is 23.2 Å². The standard InChI is InChI=1S/C9H6Cl2N2O/c10-7-4-2-1-3-6(7)5-8-12-9(11)14-13-8/h1-4H,5H2. The molecule has 0 N–H and O–H groups in total. The van der Waals surface area contributed by atoms with Crippen LogP contribution < -0.4 is 0 Å². The van der Waals surface area contributed by atoms with E-state index >= 15 is 0 Å². The Balaban J connectivity index is 2.23. The lowest BCUT2D eigenvalue weighted by atomic mass is 10.1. The van der Waals surface area contributed by atoms with Crippen molar-refractivity contribution in [2.75, 3.05) is 0 Å². The number of hydrogen-bond acceptors (Lipinski definition) is 3. The van der Waals surface area contributed by atoms with Crippen molar-refractivity contribution in [3.63, 3.8) is 0 Å². The van der Waals surface area contributed by atoms with Crippen molar-refractivity contribution in [2.45, 2.75) is 6.42 Å². The van der Waals surface area contributed by atoms with Crippen molar-refractivity contribution in [1.82, 2.24) is 10.1 Å². The summed E-state index contributed by atoms with van der Waals surface area (Å²) in [4.78, 5) is 3.88. The maximum atomic E-state index is 5.96. The first-order valence-electron chi connectivity index (χ1n) is 3.97. The Morgan fingerprint density at radius 1 is 1.21 bits per heavy atom. The first-order valence-corrected chi connectivity index (χ1v) is 4.73. The molecule has 0 aliphatic heterocycles. The highest BCUT2D eigenvalue weighted by molar-refractivity contribution is 6.31. The van der Waals surface area contributed by atoms with E-state index in [-0.39, 0.29) is 5.35 Å². The zero-order valence-corrected chi connectivity index (χ0v) is 8.59. The molecule has 0 atom stereocenters. The molecule has 72 valence electrons. The van der Waals surface area contributed by atoms with Gasteiger partial charge in [-0.2, -0.15) is 4.98 Å². The summed E-state index contributed by atoms with van der Waals surface area (Å²) in [6, 6.07) is 7.50. The van der Waals surface area contributed by atoms with Crippen molar-refractivity contribution in [3.05, 3.63) is 46.0 Å². The number of aromatic nitrogens is 2. The molecule has 0 aliphatic carbocycles. The summed E-state index contributed by atoms with van der Waals surface area (Å²) in [6.07, 6.45) is 0.524. The highest BCUT2D eigenvalue weighted by atomic mass is 35.5. The van der Waals surface area contributed by atoms with Crippen molar-refractivity contribution in [2.24, 2.45) is 0 Å². The van der Waals surface area contributed by atoms with E-state index in [1.165, 1.54) is 0 Å². The zero-order chi connectivity index (χ0) is 9.97. The molecule has 3 nitrogen and oxygen atoms in total. The smallest absolute Gasteiger partial charge is 0.320 e. The molecule has 0 saturated heterocycles. The lowest BCUT2D eigenvalue weighted by Crippen LogP contribution is -1.91. The monoisotopic (exact) mass is 228 g/mol. The lowest BCUT2D eigenvalue weighted by molar-refractivity contribution is 0.413. The summed E-state index contributed by atoms with van der Waals surface area (Å²) in [6.45, 7) is 0. The Bertz CT molecular complexity index is 442. The number of nitrogens with zero attached hydrogens (tertiary/aromatic N) is 2. The Morgan fingerprint density at radius 3 is 2.64 bits per heavy atom. The van der Waals surface area contributed by atoms with Crippen LogP contribution in [0.5, 0.6) is 0 Å². The van der Waals surface area contributed by atoms with Gasteiger partial charge in [0.2, 0.25) is 0 Å². The third kappa shape index (κ3) is 2.05. The topological polar surface area (TPSA) is 38.9 Å². The minimum atomic E-state index is 0.0482. The fourth-order valence-corrected chi connectivity index (χ4v) is 1.45. The maximum absolute atomic E-state index is 5.96. The molecule has 0 unspecified atom stereocenters.